The van der Waals surface area contributed by atoms with E-state index in [1.54, 1.807) is 6.92 Å². The van der Waals surface area contributed by atoms with Crippen molar-refractivity contribution in [3.05, 3.63) is 16.4 Å². The summed E-state index contributed by atoms with van der Waals surface area (Å²) < 4.78 is 0. The highest BCUT2D eigenvalue weighted by molar-refractivity contribution is 5.69. The molecule has 106 valence electrons. The highest BCUT2D eigenvalue weighted by Crippen LogP contribution is 2.29. The van der Waals surface area contributed by atoms with Gasteiger partial charge in [0.1, 0.15) is 6.33 Å². The Kier molecular flexibility index (Phi) is 5.43. The van der Waals surface area contributed by atoms with Gasteiger partial charge in [-0.2, -0.15) is 0 Å². The fourth-order valence-corrected chi connectivity index (χ4v) is 1.76. The molecule has 1 rings (SSSR count). The van der Waals surface area contributed by atoms with E-state index in [1.807, 2.05) is 13.8 Å². The van der Waals surface area contributed by atoms with Gasteiger partial charge >= 0.3 is 5.69 Å². The molecule has 1 heterocycles. The smallest absolute Gasteiger partial charge is 0.353 e. The van der Waals surface area contributed by atoms with Crippen LogP contribution in [0.15, 0.2) is 6.33 Å². The van der Waals surface area contributed by atoms with Crippen molar-refractivity contribution in [2.75, 3.05) is 17.2 Å². The first-order chi connectivity index (χ1) is 8.95. The van der Waals surface area contributed by atoms with Crippen LogP contribution in [-0.4, -0.2) is 38.7 Å². The summed E-state index contributed by atoms with van der Waals surface area (Å²) in [6, 6.07) is -0.136. The van der Waals surface area contributed by atoms with Crippen molar-refractivity contribution in [3.8, 4) is 0 Å². The number of nitro groups is 1. The number of nitrogens with zero attached hydrogens (tertiary/aromatic N) is 3. The Hall–Kier alpha value is -1.96. The van der Waals surface area contributed by atoms with Gasteiger partial charge in [0.05, 0.1) is 11.0 Å². The topological polar surface area (TPSA) is 113 Å². The molecule has 0 aromatic carbocycles. The number of aliphatic hydroxyl groups excluding tert-OH is 1. The molecule has 0 saturated carbocycles. The summed E-state index contributed by atoms with van der Waals surface area (Å²) in [5.74, 6) is 0.346. The minimum absolute atomic E-state index is 0.136. The summed E-state index contributed by atoms with van der Waals surface area (Å²) >= 11 is 0. The zero-order valence-electron chi connectivity index (χ0n) is 11.3. The number of aromatic nitrogens is 2. The van der Waals surface area contributed by atoms with Gasteiger partial charge in [-0.05, 0) is 27.2 Å². The van der Waals surface area contributed by atoms with Gasteiger partial charge in [0.2, 0.25) is 11.6 Å². The lowest BCUT2D eigenvalue weighted by Crippen LogP contribution is -2.22. The highest BCUT2D eigenvalue weighted by atomic mass is 16.6. The Morgan fingerprint density at radius 3 is 2.58 bits per heavy atom. The summed E-state index contributed by atoms with van der Waals surface area (Å²) in [5.41, 5.74) is -0.179. The fourth-order valence-electron chi connectivity index (χ4n) is 1.76. The molecule has 1 aromatic heterocycles. The summed E-state index contributed by atoms with van der Waals surface area (Å²) in [7, 11) is 0. The third-order valence-electron chi connectivity index (χ3n) is 2.43. The maximum atomic E-state index is 11.1. The number of rotatable bonds is 7. The Bertz CT molecular complexity index is 438. The molecule has 3 N–H and O–H groups in total. The maximum absolute atomic E-state index is 11.1. The van der Waals surface area contributed by atoms with Crippen LogP contribution < -0.4 is 10.6 Å². The van der Waals surface area contributed by atoms with Crippen LogP contribution in [0.3, 0.4) is 0 Å². The molecule has 0 radical (unpaired) electrons. The van der Waals surface area contributed by atoms with Crippen molar-refractivity contribution in [3.63, 3.8) is 0 Å². The van der Waals surface area contributed by atoms with Gasteiger partial charge in [-0.1, -0.05) is 0 Å². The van der Waals surface area contributed by atoms with Crippen LogP contribution in [0.2, 0.25) is 0 Å². The Balaban J connectivity index is 2.99. The molecule has 0 aliphatic heterocycles. The minimum Gasteiger partial charge on any atom is -0.393 e. The molecule has 0 amide bonds. The third-order valence-corrected chi connectivity index (χ3v) is 2.43. The number of hydrogen-bond donors (Lipinski definition) is 3. The Morgan fingerprint density at radius 1 is 1.42 bits per heavy atom. The molecule has 0 spiro atoms. The molecule has 8 heteroatoms. The molecule has 0 saturated heterocycles. The fraction of sp³-hybridized carbons (Fsp3) is 0.636. The van der Waals surface area contributed by atoms with E-state index in [-0.39, 0.29) is 23.4 Å². The minimum atomic E-state index is -0.518. The largest absolute Gasteiger partial charge is 0.393 e. The van der Waals surface area contributed by atoms with Crippen LogP contribution in [-0.2, 0) is 0 Å². The van der Waals surface area contributed by atoms with Crippen molar-refractivity contribution in [1.29, 1.82) is 0 Å². The summed E-state index contributed by atoms with van der Waals surface area (Å²) in [6.45, 7) is 5.84. The van der Waals surface area contributed by atoms with Gasteiger partial charge in [-0.15, -0.1) is 0 Å². The van der Waals surface area contributed by atoms with E-state index in [2.05, 4.69) is 20.6 Å². The van der Waals surface area contributed by atoms with Gasteiger partial charge in [0.25, 0.3) is 0 Å². The van der Waals surface area contributed by atoms with E-state index in [0.29, 0.717) is 13.0 Å². The van der Waals surface area contributed by atoms with Crippen LogP contribution in [0.5, 0.6) is 0 Å². The summed E-state index contributed by atoms with van der Waals surface area (Å²) in [4.78, 5) is 18.4. The molecule has 2 atom stereocenters. The van der Waals surface area contributed by atoms with E-state index < -0.39 is 11.0 Å². The van der Waals surface area contributed by atoms with E-state index in [9.17, 15) is 15.2 Å². The first-order valence-corrected chi connectivity index (χ1v) is 6.13. The SMILES string of the molecule is CCNc1ncnc(NC(C)CC(C)O)c1[N+](=O)[O-]. The van der Waals surface area contributed by atoms with Crippen LogP contribution in [0, 0.1) is 10.1 Å². The highest BCUT2D eigenvalue weighted by Gasteiger charge is 2.23. The molecule has 19 heavy (non-hydrogen) atoms. The standard InChI is InChI=1S/C11H19N5O3/c1-4-12-10-9(16(18)19)11(14-6-13-10)15-7(2)5-8(3)17/h6-8,17H,4-5H2,1-3H3,(H2,12,13,14,15). The van der Waals surface area contributed by atoms with Crippen LogP contribution in [0.4, 0.5) is 17.3 Å². The van der Waals surface area contributed by atoms with E-state index in [0.717, 1.165) is 0 Å². The van der Waals surface area contributed by atoms with Crippen molar-refractivity contribution in [2.24, 2.45) is 0 Å². The molecular weight excluding hydrogens is 250 g/mol. The number of hydrogen-bond acceptors (Lipinski definition) is 7. The molecule has 0 aliphatic carbocycles. The summed E-state index contributed by atoms with van der Waals surface area (Å²) in [6.07, 6.45) is 1.25. The number of nitrogens with one attached hydrogen (secondary N) is 2. The average Bonchev–Trinajstić information content (AvgIpc) is 2.27. The Labute approximate surface area is 111 Å². The second-order valence-electron chi connectivity index (χ2n) is 4.34. The van der Waals surface area contributed by atoms with Crippen molar-refractivity contribution >= 4 is 17.3 Å². The van der Waals surface area contributed by atoms with Gasteiger partial charge in [0, 0.05) is 12.6 Å². The first kappa shape index (κ1) is 15.1. The van der Waals surface area contributed by atoms with E-state index >= 15 is 0 Å². The number of anilines is 2. The molecule has 2 unspecified atom stereocenters. The predicted octanol–water partition coefficient (Wildman–Crippen LogP) is 1.39. The van der Waals surface area contributed by atoms with Crippen molar-refractivity contribution in [2.45, 2.75) is 39.3 Å². The van der Waals surface area contributed by atoms with Gasteiger partial charge in [0.15, 0.2) is 0 Å². The normalized spacial score (nSPS) is 13.7. The van der Waals surface area contributed by atoms with Gasteiger partial charge in [-0.25, -0.2) is 9.97 Å². The molecule has 0 fully saturated rings. The Morgan fingerprint density at radius 2 is 2.05 bits per heavy atom. The molecule has 8 nitrogen and oxygen atoms in total. The second kappa shape index (κ2) is 6.83. The zero-order valence-corrected chi connectivity index (χ0v) is 11.3. The third kappa shape index (κ3) is 4.32. The first-order valence-electron chi connectivity index (χ1n) is 6.13. The lowest BCUT2D eigenvalue weighted by atomic mass is 10.1. The van der Waals surface area contributed by atoms with E-state index in [4.69, 9.17) is 0 Å². The molecule has 1 aromatic rings. The second-order valence-corrected chi connectivity index (χ2v) is 4.34. The quantitative estimate of drug-likeness (QED) is 0.506. The summed E-state index contributed by atoms with van der Waals surface area (Å²) in [5, 5.41) is 26.2. The van der Waals surface area contributed by atoms with E-state index in [1.165, 1.54) is 6.33 Å². The van der Waals surface area contributed by atoms with Gasteiger partial charge < -0.3 is 15.7 Å². The van der Waals surface area contributed by atoms with Crippen LogP contribution >= 0.6 is 0 Å². The molecule has 0 bridgehead atoms. The predicted molar refractivity (Wildman–Crippen MR) is 72.2 cm³/mol. The van der Waals surface area contributed by atoms with Crippen LogP contribution in [0.25, 0.3) is 0 Å². The monoisotopic (exact) mass is 269 g/mol. The van der Waals surface area contributed by atoms with Crippen molar-refractivity contribution in [1.82, 2.24) is 9.97 Å². The molecular formula is C11H19N5O3. The van der Waals surface area contributed by atoms with Crippen LogP contribution in [0.1, 0.15) is 27.2 Å². The van der Waals surface area contributed by atoms with Crippen molar-refractivity contribution < 1.29 is 10.0 Å². The maximum Gasteiger partial charge on any atom is 0.353 e. The zero-order chi connectivity index (χ0) is 14.4. The number of aliphatic hydroxyl groups is 1. The lowest BCUT2D eigenvalue weighted by molar-refractivity contribution is -0.383. The molecule has 0 aliphatic rings. The lowest BCUT2D eigenvalue weighted by Gasteiger charge is -2.16. The average molecular weight is 269 g/mol. The van der Waals surface area contributed by atoms with Gasteiger partial charge in [-0.3, -0.25) is 10.1 Å².